The van der Waals surface area contributed by atoms with Gasteiger partial charge in [0.15, 0.2) is 0 Å². The van der Waals surface area contributed by atoms with Crippen molar-refractivity contribution in [3.8, 4) is 17.5 Å². The summed E-state index contributed by atoms with van der Waals surface area (Å²) in [4.78, 5) is 17.0. The Morgan fingerprint density at radius 1 is 1.20 bits per heavy atom. The SMILES string of the molecule is CCc1nn(Cc2coc(-c3ccccc3)n2)c(=O)c(C#N)c1CC. The van der Waals surface area contributed by atoms with Gasteiger partial charge in [-0.1, -0.05) is 32.0 Å². The number of aryl methyl sites for hydroxylation is 1. The molecule has 2 heterocycles. The molecule has 0 fully saturated rings. The van der Waals surface area contributed by atoms with Gasteiger partial charge in [0.1, 0.15) is 23.6 Å². The Kier molecular flexibility index (Phi) is 4.75. The molecule has 0 spiro atoms. The van der Waals surface area contributed by atoms with E-state index in [2.05, 4.69) is 10.1 Å². The summed E-state index contributed by atoms with van der Waals surface area (Å²) in [5, 5.41) is 13.8. The van der Waals surface area contributed by atoms with Gasteiger partial charge in [-0.3, -0.25) is 4.79 Å². The first-order chi connectivity index (χ1) is 12.2. The molecule has 0 unspecified atom stereocenters. The molecule has 1 aromatic carbocycles. The molecule has 0 amide bonds. The second kappa shape index (κ2) is 7.14. The van der Waals surface area contributed by atoms with Crippen LogP contribution in [0.3, 0.4) is 0 Å². The zero-order valence-electron chi connectivity index (χ0n) is 14.2. The highest BCUT2D eigenvalue weighted by atomic mass is 16.3. The molecule has 2 aromatic heterocycles. The van der Waals surface area contributed by atoms with Crippen LogP contribution >= 0.6 is 0 Å². The third kappa shape index (κ3) is 3.22. The van der Waals surface area contributed by atoms with Crippen LogP contribution in [0.2, 0.25) is 0 Å². The van der Waals surface area contributed by atoms with Crippen LogP contribution in [0.1, 0.15) is 36.4 Å². The van der Waals surface area contributed by atoms with Gasteiger partial charge in [0.25, 0.3) is 5.56 Å². The highest BCUT2D eigenvalue weighted by Crippen LogP contribution is 2.18. The quantitative estimate of drug-likeness (QED) is 0.716. The lowest BCUT2D eigenvalue weighted by Gasteiger charge is -2.10. The fourth-order valence-corrected chi connectivity index (χ4v) is 2.79. The van der Waals surface area contributed by atoms with Crippen molar-refractivity contribution in [2.24, 2.45) is 0 Å². The second-order valence-corrected chi connectivity index (χ2v) is 5.59. The Morgan fingerprint density at radius 3 is 2.60 bits per heavy atom. The largest absolute Gasteiger partial charge is 0.444 e. The number of hydrogen-bond acceptors (Lipinski definition) is 5. The summed E-state index contributed by atoms with van der Waals surface area (Å²) in [7, 11) is 0. The van der Waals surface area contributed by atoms with Crippen LogP contribution < -0.4 is 5.56 Å². The van der Waals surface area contributed by atoms with Gasteiger partial charge in [0.2, 0.25) is 5.89 Å². The number of hydrogen-bond donors (Lipinski definition) is 0. The van der Waals surface area contributed by atoms with Crippen LogP contribution in [0.5, 0.6) is 0 Å². The van der Waals surface area contributed by atoms with Crippen LogP contribution in [0, 0.1) is 11.3 Å². The molecule has 0 aliphatic carbocycles. The Balaban J connectivity index is 1.98. The molecule has 0 bridgehead atoms. The van der Waals surface area contributed by atoms with E-state index in [1.165, 1.54) is 10.9 Å². The standard InChI is InChI=1S/C19H18N4O2/c1-3-15-16(10-20)19(24)23(22-17(15)4-2)11-14-12-25-18(21-14)13-8-6-5-7-9-13/h5-9,12H,3-4,11H2,1-2H3. The zero-order chi connectivity index (χ0) is 17.8. The molecular weight excluding hydrogens is 316 g/mol. The molecule has 0 aliphatic heterocycles. The lowest BCUT2D eigenvalue weighted by atomic mass is 10.0. The fourth-order valence-electron chi connectivity index (χ4n) is 2.79. The Labute approximate surface area is 145 Å². The summed E-state index contributed by atoms with van der Waals surface area (Å²) in [5.41, 5.74) is 2.73. The van der Waals surface area contributed by atoms with Gasteiger partial charge >= 0.3 is 0 Å². The predicted molar refractivity (Wildman–Crippen MR) is 93.0 cm³/mol. The molecular formula is C19H18N4O2. The number of aromatic nitrogens is 3. The number of nitriles is 1. The number of benzene rings is 1. The molecule has 6 nitrogen and oxygen atoms in total. The molecule has 0 radical (unpaired) electrons. The van der Waals surface area contributed by atoms with Gasteiger partial charge in [-0.2, -0.15) is 10.4 Å². The van der Waals surface area contributed by atoms with Crippen molar-refractivity contribution in [1.29, 1.82) is 5.26 Å². The first kappa shape index (κ1) is 16.7. The maximum atomic E-state index is 12.5. The molecule has 6 heteroatoms. The van der Waals surface area contributed by atoms with E-state index < -0.39 is 0 Å². The third-order valence-corrected chi connectivity index (χ3v) is 4.02. The van der Waals surface area contributed by atoms with Crippen LogP contribution in [0.25, 0.3) is 11.5 Å². The predicted octanol–water partition coefficient (Wildman–Crippen LogP) is 2.94. The molecule has 0 aliphatic rings. The van der Waals surface area contributed by atoms with Crippen molar-refractivity contribution in [3.63, 3.8) is 0 Å². The van der Waals surface area contributed by atoms with Crippen LogP contribution in [-0.2, 0) is 19.4 Å². The molecule has 0 saturated carbocycles. The van der Waals surface area contributed by atoms with Crippen LogP contribution in [-0.4, -0.2) is 14.8 Å². The molecule has 3 aromatic rings. The minimum absolute atomic E-state index is 0.168. The second-order valence-electron chi connectivity index (χ2n) is 5.59. The summed E-state index contributed by atoms with van der Waals surface area (Å²) in [6.45, 7) is 4.05. The van der Waals surface area contributed by atoms with Gasteiger partial charge in [-0.15, -0.1) is 0 Å². The monoisotopic (exact) mass is 334 g/mol. The van der Waals surface area contributed by atoms with E-state index in [9.17, 15) is 10.1 Å². The number of rotatable bonds is 5. The maximum Gasteiger partial charge on any atom is 0.285 e. The first-order valence-corrected chi connectivity index (χ1v) is 8.20. The van der Waals surface area contributed by atoms with Crippen molar-refractivity contribution in [1.82, 2.24) is 14.8 Å². The van der Waals surface area contributed by atoms with Crippen molar-refractivity contribution in [2.45, 2.75) is 33.2 Å². The molecule has 0 atom stereocenters. The summed E-state index contributed by atoms with van der Waals surface area (Å²) in [5.74, 6) is 0.491. The van der Waals surface area contributed by atoms with Gasteiger partial charge in [0, 0.05) is 5.56 Å². The molecule has 126 valence electrons. The van der Waals surface area contributed by atoms with Gasteiger partial charge < -0.3 is 4.42 Å². The van der Waals surface area contributed by atoms with E-state index in [4.69, 9.17) is 4.42 Å². The maximum absolute atomic E-state index is 12.5. The lowest BCUT2D eigenvalue weighted by molar-refractivity contribution is 0.564. The summed E-state index contributed by atoms with van der Waals surface area (Å²) < 4.78 is 6.80. The lowest BCUT2D eigenvalue weighted by Crippen LogP contribution is -2.29. The molecule has 0 saturated heterocycles. The number of nitrogens with zero attached hydrogens (tertiary/aromatic N) is 4. The first-order valence-electron chi connectivity index (χ1n) is 8.20. The van der Waals surface area contributed by atoms with Gasteiger partial charge in [-0.05, 0) is 30.5 Å². The summed E-state index contributed by atoms with van der Waals surface area (Å²) >= 11 is 0. The molecule has 0 N–H and O–H groups in total. The average Bonchev–Trinajstić information content (AvgIpc) is 3.12. The van der Waals surface area contributed by atoms with Crippen molar-refractivity contribution in [3.05, 3.63) is 69.5 Å². The van der Waals surface area contributed by atoms with E-state index in [-0.39, 0.29) is 17.7 Å². The Morgan fingerprint density at radius 2 is 1.96 bits per heavy atom. The normalized spacial score (nSPS) is 10.6. The van der Waals surface area contributed by atoms with Crippen LogP contribution in [0.15, 0.2) is 45.8 Å². The van der Waals surface area contributed by atoms with E-state index in [0.29, 0.717) is 24.4 Å². The smallest absolute Gasteiger partial charge is 0.285 e. The highest BCUT2D eigenvalue weighted by molar-refractivity contribution is 5.52. The zero-order valence-corrected chi connectivity index (χ0v) is 14.2. The van der Waals surface area contributed by atoms with Crippen molar-refractivity contribution >= 4 is 0 Å². The van der Waals surface area contributed by atoms with E-state index >= 15 is 0 Å². The minimum Gasteiger partial charge on any atom is -0.444 e. The summed E-state index contributed by atoms with van der Waals surface area (Å²) in [6.07, 6.45) is 2.78. The number of oxazole rings is 1. The topological polar surface area (TPSA) is 84.7 Å². The Hall–Kier alpha value is -3.20. The van der Waals surface area contributed by atoms with Gasteiger partial charge in [-0.25, -0.2) is 9.67 Å². The van der Waals surface area contributed by atoms with E-state index in [0.717, 1.165) is 16.8 Å². The third-order valence-electron chi connectivity index (χ3n) is 4.02. The van der Waals surface area contributed by atoms with Gasteiger partial charge in [0.05, 0.1) is 12.2 Å². The van der Waals surface area contributed by atoms with E-state index in [1.54, 1.807) is 0 Å². The summed E-state index contributed by atoms with van der Waals surface area (Å²) in [6, 6.07) is 11.6. The van der Waals surface area contributed by atoms with Crippen molar-refractivity contribution < 1.29 is 4.42 Å². The molecule has 3 rings (SSSR count). The molecule has 25 heavy (non-hydrogen) atoms. The Bertz CT molecular complexity index is 981. The fraction of sp³-hybridized carbons (Fsp3) is 0.263. The highest BCUT2D eigenvalue weighted by Gasteiger charge is 2.16. The van der Waals surface area contributed by atoms with Crippen molar-refractivity contribution in [2.75, 3.05) is 0 Å². The minimum atomic E-state index is -0.388. The van der Waals surface area contributed by atoms with E-state index in [1.807, 2.05) is 50.2 Å². The van der Waals surface area contributed by atoms with Crippen LogP contribution in [0.4, 0.5) is 0 Å². The average molecular weight is 334 g/mol.